The van der Waals surface area contributed by atoms with Crippen LogP contribution in [0.15, 0.2) is 36.4 Å². The molecule has 1 heterocycles. The molecular formula is C18H19F3N2O2. The van der Waals surface area contributed by atoms with E-state index in [0.29, 0.717) is 23.1 Å². The fourth-order valence-electron chi connectivity index (χ4n) is 3.05. The Hall–Kier alpha value is -2.28. The number of nitrogens with one attached hydrogen (secondary N) is 1. The van der Waals surface area contributed by atoms with Crippen LogP contribution >= 0.6 is 0 Å². The molecule has 7 heteroatoms. The number of halogens is 3. The van der Waals surface area contributed by atoms with E-state index in [-0.39, 0.29) is 18.5 Å². The fraction of sp³-hybridized carbons (Fsp3) is 0.389. The number of carbonyl (C=O) groups excluding carboxylic acids is 1. The summed E-state index contributed by atoms with van der Waals surface area (Å²) >= 11 is 0. The summed E-state index contributed by atoms with van der Waals surface area (Å²) in [7, 11) is 0. The molecule has 1 amide bonds. The van der Waals surface area contributed by atoms with E-state index >= 15 is 0 Å². The topological polar surface area (TPSA) is 41.6 Å². The molecule has 2 aromatic rings. The molecule has 0 spiro atoms. The van der Waals surface area contributed by atoms with Gasteiger partial charge in [0.05, 0.1) is 6.61 Å². The largest absolute Gasteiger partial charge is 0.494 e. The number of rotatable bonds is 5. The maximum Gasteiger partial charge on any atom is 0.409 e. The van der Waals surface area contributed by atoms with Gasteiger partial charge >= 0.3 is 6.18 Å². The maximum absolute atomic E-state index is 13.9. The second-order valence-corrected chi connectivity index (χ2v) is 6.00. The van der Waals surface area contributed by atoms with Crippen molar-refractivity contribution < 1.29 is 22.7 Å². The molecule has 0 radical (unpaired) electrons. The van der Waals surface area contributed by atoms with Crippen LogP contribution in [0.4, 0.5) is 13.2 Å². The van der Waals surface area contributed by atoms with Gasteiger partial charge in [0.25, 0.3) is 0 Å². The summed E-state index contributed by atoms with van der Waals surface area (Å²) in [6.07, 6.45) is -3.73. The van der Waals surface area contributed by atoms with Gasteiger partial charge in [0, 0.05) is 13.0 Å². The Morgan fingerprint density at radius 2 is 2.04 bits per heavy atom. The molecule has 1 aliphatic rings. The average molecular weight is 352 g/mol. The number of carbonyl (C=O) groups is 1. The quantitative estimate of drug-likeness (QED) is 0.885. The van der Waals surface area contributed by atoms with Crippen molar-refractivity contribution in [3.63, 3.8) is 0 Å². The van der Waals surface area contributed by atoms with Gasteiger partial charge in [-0.2, -0.15) is 13.2 Å². The highest BCUT2D eigenvalue weighted by Gasteiger charge is 2.47. The number of fused-ring (bicyclic) bond motifs is 1. The van der Waals surface area contributed by atoms with E-state index in [4.69, 9.17) is 4.74 Å². The molecule has 2 aromatic carbocycles. The second-order valence-electron chi connectivity index (χ2n) is 6.00. The Bertz CT molecular complexity index is 776. The molecule has 134 valence electrons. The van der Waals surface area contributed by atoms with E-state index in [0.717, 1.165) is 11.4 Å². The average Bonchev–Trinajstić information content (AvgIpc) is 2.97. The van der Waals surface area contributed by atoms with Gasteiger partial charge in [-0.25, -0.2) is 5.01 Å². The Kier molecular flexibility index (Phi) is 4.85. The highest BCUT2D eigenvalue weighted by Crippen LogP contribution is 2.42. The van der Waals surface area contributed by atoms with Crippen LogP contribution in [0.2, 0.25) is 0 Å². The summed E-state index contributed by atoms with van der Waals surface area (Å²) < 4.78 is 47.2. The fourth-order valence-corrected chi connectivity index (χ4v) is 3.05. The predicted molar refractivity (Wildman–Crippen MR) is 88.0 cm³/mol. The molecule has 1 fully saturated rings. The number of hydrogen-bond donors (Lipinski definition) is 1. The zero-order chi connectivity index (χ0) is 18.0. The molecule has 25 heavy (non-hydrogen) atoms. The van der Waals surface area contributed by atoms with Gasteiger partial charge < -0.3 is 4.74 Å². The van der Waals surface area contributed by atoms with Gasteiger partial charge in [0.2, 0.25) is 5.91 Å². The van der Waals surface area contributed by atoms with Crippen molar-refractivity contribution in [1.29, 1.82) is 0 Å². The molecule has 1 saturated heterocycles. The van der Waals surface area contributed by atoms with Crippen molar-refractivity contribution in [3.05, 3.63) is 42.0 Å². The van der Waals surface area contributed by atoms with Crippen molar-refractivity contribution in [3.8, 4) is 5.75 Å². The number of nitrogens with zero attached hydrogens (tertiary/aromatic N) is 1. The summed E-state index contributed by atoms with van der Waals surface area (Å²) in [5, 5.41) is 2.13. The summed E-state index contributed by atoms with van der Waals surface area (Å²) in [6, 6.07) is 8.14. The highest BCUT2D eigenvalue weighted by atomic mass is 19.4. The van der Waals surface area contributed by atoms with E-state index in [1.807, 2.05) is 6.92 Å². The number of amides is 1. The lowest BCUT2D eigenvalue weighted by Gasteiger charge is -2.30. The maximum atomic E-state index is 13.9. The molecule has 3 rings (SSSR count). The third-order valence-corrected chi connectivity index (χ3v) is 4.10. The molecule has 0 saturated carbocycles. The van der Waals surface area contributed by atoms with Crippen molar-refractivity contribution in [2.75, 3.05) is 13.2 Å². The lowest BCUT2D eigenvalue weighted by Crippen LogP contribution is -2.43. The van der Waals surface area contributed by atoms with Gasteiger partial charge in [0.1, 0.15) is 5.75 Å². The van der Waals surface area contributed by atoms with E-state index in [1.54, 1.807) is 30.3 Å². The van der Waals surface area contributed by atoms with Gasteiger partial charge in [-0.3, -0.25) is 10.2 Å². The number of benzene rings is 2. The van der Waals surface area contributed by atoms with Crippen LogP contribution in [0.1, 0.15) is 31.4 Å². The van der Waals surface area contributed by atoms with Gasteiger partial charge in [-0.1, -0.05) is 31.2 Å². The van der Waals surface area contributed by atoms with Crippen LogP contribution in [0, 0.1) is 0 Å². The monoisotopic (exact) mass is 352 g/mol. The molecule has 0 bridgehead atoms. The Morgan fingerprint density at radius 1 is 1.28 bits per heavy atom. The SMILES string of the molecule is CCCOc1cc(C(N2CCC(=O)N2)C(F)(F)F)c2ccccc2c1. The van der Waals surface area contributed by atoms with Crippen molar-refractivity contribution in [1.82, 2.24) is 10.4 Å². The van der Waals surface area contributed by atoms with Crippen LogP contribution in [0.3, 0.4) is 0 Å². The zero-order valence-corrected chi connectivity index (χ0v) is 13.8. The summed E-state index contributed by atoms with van der Waals surface area (Å²) in [4.78, 5) is 11.4. The lowest BCUT2D eigenvalue weighted by atomic mass is 9.97. The normalized spacial score (nSPS) is 16.9. The van der Waals surface area contributed by atoms with Crippen molar-refractivity contribution in [2.24, 2.45) is 0 Å². The smallest absolute Gasteiger partial charge is 0.409 e. The number of hydrogen-bond acceptors (Lipinski definition) is 3. The molecule has 1 N–H and O–H groups in total. The van der Waals surface area contributed by atoms with Gasteiger partial charge in [-0.15, -0.1) is 0 Å². The summed E-state index contributed by atoms with van der Waals surface area (Å²) in [5.41, 5.74) is 2.40. The van der Waals surface area contributed by atoms with Crippen LogP contribution < -0.4 is 10.2 Å². The van der Waals surface area contributed by atoms with Crippen molar-refractivity contribution in [2.45, 2.75) is 32.0 Å². The molecule has 0 aromatic heterocycles. The number of alkyl halides is 3. The zero-order valence-electron chi connectivity index (χ0n) is 13.8. The van der Waals surface area contributed by atoms with Gasteiger partial charge in [0.15, 0.2) is 6.04 Å². The molecular weight excluding hydrogens is 333 g/mol. The first-order valence-corrected chi connectivity index (χ1v) is 8.18. The number of ether oxygens (including phenoxy) is 1. The minimum absolute atomic E-state index is 0.0113. The summed E-state index contributed by atoms with van der Waals surface area (Å²) in [5.74, 6) is -0.00716. The van der Waals surface area contributed by atoms with Crippen LogP contribution in [0.25, 0.3) is 10.8 Å². The van der Waals surface area contributed by atoms with Crippen LogP contribution in [0.5, 0.6) is 5.75 Å². The molecule has 0 aliphatic carbocycles. The number of hydrazine groups is 1. The molecule has 1 atom stereocenters. The third kappa shape index (κ3) is 3.71. The minimum atomic E-state index is -4.54. The predicted octanol–water partition coefficient (Wildman–Crippen LogP) is 3.97. The van der Waals surface area contributed by atoms with E-state index in [2.05, 4.69) is 5.43 Å². The van der Waals surface area contributed by atoms with Gasteiger partial charge in [-0.05, 0) is 34.9 Å². The molecule has 1 unspecified atom stereocenters. The Balaban J connectivity index is 2.13. The lowest BCUT2D eigenvalue weighted by molar-refractivity contribution is -0.190. The third-order valence-electron chi connectivity index (χ3n) is 4.10. The van der Waals surface area contributed by atoms with E-state index in [1.165, 1.54) is 6.07 Å². The molecule has 1 aliphatic heterocycles. The molecule has 4 nitrogen and oxygen atoms in total. The minimum Gasteiger partial charge on any atom is -0.494 e. The van der Waals surface area contributed by atoms with E-state index in [9.17, 15) is 18.0 Å². The van der Waals surface area contributed by atoms with Crippen molar-refractivity contribution >= 4 is 16.7 Å². The Labute approximate surface area is 143 Å². The van der Waals surface area contributed by atoms with Crippen LogP contribution in [-0.4, -0.2) is 30.2 Å². The Morgan fingerprint density at radius 3 is 2.68 bits per heavy atom. The highest BCUT2D eigenvalue weighted by molar-refractivity contribution is 5.88. The van der Waals surface area contributed by atoms with Crippen LogP contribution in [-0.2, 0) is 4.79 Å². The first-order chi connectivity index (χ1) is 11.9. The summed E-state index contributed by atoms with van der Waals surface area (Å²) in [6.45, 7) is 2.37. The first kappa shape index (κ1) is 17.5. The van der Waals surface area contributed by atoms with E-state index < -0.39 is 18.1 Å². The standard InChI is InChI=1S/C18H19F3N2O2/c1-2-9-25-13-10-12-5-3-4-6-14(12)15(11-13)17(18(19,20)21)23-8-7-16(24)22-23/h3-6,10-11,17H,2,7-9H2,1H3,(H,22,24). The first-order valence-electron chi connectivity index (χ1n) is 8.18. The second kappa shape index (κ2) is 6.92.